The van der Waals surface area contributed by atoms with Gasteiger partial charge in [-0.25, -0.2) is 4.39 Å². The van der Waals surface area contributed by atoms with Crippen LogP contribution in [0.2, 0.25) is 0 Å². The molecule has 1 aliphatic rings. The Kier molecular flexibility index (Phi) is 4.37. The maximum atomic E-state index is 13.2. The van der Waals surface area contributed by atoms with E-state index < -0.39 is 6.04 Å². The van der Waals surface area contributed by atoms with Gasteiger partial charge in [-0.2, -0.15) is 0 Å². The number of nitrogens with one attached hydrogen (secondary N) is 1. The molecule has 2 unspecified atom stereocenters. The van der Waals surface area contributed by atoms with E-state index in [1.165, 1.54) is 12.1 Å². The van der Waals surface area contributed by atoms with Crippen molar-refractivity contribution in [1.29, 1.82) is 0 Å². The molecule has 0 saturated carbocycles. The molecule has 4 nitrogen and oxygen atoms in total. The number of rotatable bonds is 3. The van der Waals surface area contributed by atoms with Gasteiger partial charge in [0.25, 0.3) is 0 Å². The molecule has 0 radical (unpaired) electrons. The standard InChI is InChI=1S/C14H20FN3O/c1-10(16)14(19)17-12-5-3-7-18(9-12)13-6-2-4-11(15)8-13/h2,4,6,8,10,12H,3,5,7,9,16H2,1H3,(H,17,19). The highest BCUT2D eigenvalue weighted by Crippen LogP contribution is 2.20. The first-order valence-corrected chi connectivity index (χ1v) is 6.63. The summed E-state index contributed by atoms with van der Waals surface area (Å²) in [4.78, 5) is 13.7. The van der Waals surface area contributed by atoms with Gasteiger partial charge in [0.1, 0.15) is 5.82 Å². The number of anilines is 1. The first-order valence-electron chi connectivity index (χ1n) is 6.63. The van der Waals surface area contributed by atoms with E-state index in [2.05, 4.69) is 10.2 Å². The van der Waals surface area contributed by atoms with E-state index in [1.54, 1.807) is 13.0 Å². The van der Waals surface area contributed by atoms with Crippen molar-refractivity contribution in [2.45, 2.75) is 31.8 Å². The zero-order valence-electron chi connectivity index (χ0n) is 11.1. The summed E-state index contributed by atoms with van der Waals surface area (Å²) in [6.07, 6.45) is 1.91. The molecule has 1 fully saturated rings. The Morgan fingerprint density at radius 2 is 2.37 bits per heavy atom. The van der Waals surface area contributed by atoms with Gasteiger partial charge in [-0.3, -0.25) is 4.79 Å². The van der Waals surface area contributed by atoms with Crippen LogP contribution >= 0.6 is 0 Å². The second kappa shape index (κ2) is 6.02. The maximum Gasteiger partial charge on any atom is 0.236 e. The van der Waals surface area contributed by atoms with Gasteiger partial charge in [0, 0.05) is 24.8 Å². The van der Waals surface area contributed by atoms with Gasteiger partial charge in [-0.15, -0.1) is 0 Å². The number of piperidine rings is 1. The average molecular weight is 265 g/mol. The Morgan fingerprint density at radius 1 is 1.58 bits per heavy atom. The summed E-state index contributed by atoms with van der Waals surface area (Å²) < 4.78 is 13.2. The molecule has 5 heteroatoms. The second-order valence-corrected chi connectivity index (χ2v) is 5.06. The van der Waals surface area contributed by atoms with E-state index in [1.807, 2.05) is 6.07 Å². The molecule has 104 valence electrons. The summed E-state index contributed by atoms with van der Waals surface area (Å²) in [7, 11) is 0. The van der Waals surface area contributed by atoms with E-state index in [4.69, 9.17) is 5.73 Å². The monoisotopic (exact) mass is 265 g/mol. The SMILES string of the molecule is CC(N)C(=O)NC1CCCN(c2cccc(F)c2)C1. The fourth-order valence-corrected chi connectivity index (χ4v) is 2.33. The molecule has 1 aromatic carbocycles. The molecule has 2 atom stereocenters. The maximum absolute atomic E-state index is 13.2. The van der Waals surface area contributed by atoms with Crippen LogP contribution in [0, 0.1) is 5.82 Å². The highest BCUT2D eigenvalue weighted by atomic mass is 19.1. The van der Waals surface area contributed by atoms with E-state index in [-0.39, 0.29) is 17.8 Å². The van der Waals surface area contributed by atoms with Gasteiger partial charge in [0.05, 0.1) is 6.04 Å². The smallest absolute Gasteiger partial charge is 0.236 e. The summed E-state index contributed by atoms with van der Waals surface area (Å²) in [6.45, 7) is 3.25. The number of nitrogens with two attached hydrogens (primary N) is 1. The van der Waals surface area contributed by atoms with Gasteiger partial charge < -0.3 is 16.0 Å². The lowest BCUT2D eigenvalue weighted by Crippen LogP contribution is -2.51. The lowest BCUT2D eigenvalue weighted by Gasteiger charge is -2.35. The molecule has 1 aliphatic heterocycles. The zero-order valence-corrected chi connectivity index (χ0v) is 11.1. The molecule has 1 saturated heterocycles. The Balaban J connectivity index is 1.99. The van der Waals surface area contributed by atoms with E-state index in [0.29, 0.717) is 6.54 Å². The van der Waals surface area contributed by atoms with Crippen LogP contribution in [-0.2, 0) is 4.79 Å². The number of carbonyl (C=O) groups excluding carboxylic acids is 1. The predicted molar refractivity (Wildman–Crippen MR) is 73.4 cm³/mol. The van der Waals surface area contributed by atoms with Gasteiger partial charge >= 0.3 is 0 Å². The Hall–Kier alpha value is -1.62. The van der Waals surface area contributed by atoms with Crippen molar-refractivity contribution in [3.8, 4) is 0 Å². The van der Waals surface area contributed by atoms with Crippen LogP contribution < -0.4 is 16.0 Å². The van der Waals surface area contributed by atoms with E-state index in [9.17, 15) is 9.18 Å². The molecule has 0 spiro atoms. The number of benzene rings is 1. The van der Waals surface area contributed by atoms with Crippen molar-refractivity contribution < 1.29 is 9.18 Å². The van der Waals surface area contributed by atoms with Crippen molar-refractivity contribution in [2.24, 2.45) is 5.73 Å². The molecular weight excluding hydrogens is 245 g/mol. The number of carbonyl (C=O) groups is 1. The molecule has 0 aromatic heterocycles. The number of amides is 1. The van der Waals surface area contributed by atoms with Gasteiger partial charge in [-0.1, -0.05) is 6.07 Å². The zero-order chi connectivity index (χ0) is 13.8. The fraction of sp³-hybridized carbons (Fsp3) is 0.500. The van der Waals surface area contributed by atoms with Gasteiger partial charge in [-0.05, 0) is 38.0 Å². The van der Waals surface area contributed by atoms with Crippen LogP contribution in [0.4, 0.5) is 10.1 Å². The summed E-state index contributed by atoms with van der Waals surface area (Å²) in [6, 6.07) is 6.13. The number of nitrogens with zero attached hydrogens (tertiary/aromatic N) is 1. The van der Waals surface area contributed by atoms with Crippen LogP contribution in [0.25, 0.3) is 0 Å². The minimum atomic E-state index is -0.496. The summed E-state index contributed by atoms with van der Waals surface area (Å²) >= 11 is 0. The number of halogens is 1. The van der Waals surface area contributed by atoms with Crippen molar-refractivity contribution in [2.75, 3.05) is 18.0 Å². The Labute approximate surface area is 112 Å². The normalized spacial score (nSPS) is 21.0. The molecule has 0 aliphatic carbocycles. The largest absolute Gasteiger partial charge is 0.369 e. The van der Waals surface area contributed by atoms with Crippen LogP contribution in [-0.4, -0.2) is 31.1 Å². The third-order valence-electron chi connectivity index (χ3n) is 3.35. The number of hydrogen-bond donors (Lipinski definition) is 2. The minimum absolute atomic E-state index is 0.0792. The molecular formula is C14H20FN3O. The Morgan fingerprint density at radius 3 is 3.05 bits per heavy atom. The van der Waals surface area contributed by atoms with Crippen LogP contribution in [0.3, 0.4) is 0 Å². The van der Waals surface area contributed by atoms with Crippen molar-refractivity contribution in [1.82, 2.24) is 5.32 Å². The number of hydrogen-bond acceptors (Lipinski definition) is 3. The highest BCUT2D eigenvalue weighted by molar-refractivity contribution is 5.81. The third kappa shape index (κ3) is 3.67. The Bertz CT molecular complexity index is 450. The minimum Gasteiger partial charge on any atom is -0.369 e. The fourth-order valence-electron chi connectivity index (χ4n) is 2.33. The van der Waals surface area contributed by atoms with Crippen LogP contribution in [0.1, 0.15) is 19.8 Å². The molecule has 1 aromatic rings. The molecule has 3 N–H and O–H groups in total. The van der Waals surface area contributed by atoms with Crippen LogP contribution in [0.15, 0.2) is 24.3 Å². The third-order valence-corrected chi connectivity index (χ3v) is 3.35. The van der Waals surface area contributed by atoms with E-state index >= 15 is 0 Å². The highest BCUT2D eigenvalue weighted by Gasteiger charge is 2.22. The molecule has 19 heavy (non-hydrogen) atoms. The van der Waals surface area contributed by atoms with Gasteiger partial charge in [0.2, 0.25) is 5.91 Å². The lowest BCUT2D eigenvalue weighted by molar-refractivity contribution is -0.122. The molecule has 0 bridgehead atoms. The average Bonchev–Trinajstić information content (AvgIpc) is 2.39. The van der Waals surface area contributed by atoms with Gasteiger partial charge in [0.15, 0.2) is 0 Å². The summed E-state index contributed by atoms with van der Waals surface area (Å²) in [5, 5.41) is 2.93. The quantitative estimate of drug-likeness (QED) is 0.865. The topological polar surface area (TPSA) is 58.4 Å². The van der Waals surface area contributed by atoms with Crippen molar-refractivity contribution in [3.63, 3.8) is 0 Å². The van der Waals surface area contributed by atoms with Crippen molar-refractivity contribution in [3.05, 3.63) is 30.1 Å². The first-order chi connectivity index (χ1) is 9.06. The van der Waals surface area contributed by atoms with E-state index in [0.717, 1.165) is 25.1 Å². The second-order valence-electron chi connectivity index (χ2n) is 5.06. The first kappa shape index (κ1) is 13.8. The summed E-state index contributed by atoms with van der Waals surface area (Å²) in [5.74, 6) is -0.370. The van der Waals surface area contributed by atoms with Crippen LogP contribution in [0.5, 0.6) is 0 Å². The predicted octanol–water partition coefficient (Wildman–Crippen LogP) is 1.26. The summed E-state index contributed by atoms with van der Waals surface area (Å²) in [5.41, 5.74) is 6.40. The van der Waals surface area contributed by atoms with Crippen molar-refractivity contribution >= 4 is 11.6 Å². The molecule has 2 rings (SSSR count). The lowest BCUT2D eigenvalue weighted by atomic mass is 10.0. The molecule has 1 heterocycles. The molecule has 1 amide bonds.